The molecule has 0 fully saturated rings. The van der Waals surface area contributed by atoms with E-state index in [4.69, 9.17) is 4.74 Å². The molecule has 2 rings (SSSR count). The summed E-state index contributed by atoms with van der Waals surface area (Å²) in [6, 6.07) is 5.88. The van der Waals surface area contributed by atoms with E-state index in [-0.39, 0.29) is 5.97 Å². The summed E-state index contributed by atoms with van der Waals surface area (Å²) >= 11 is 0. The lowest BCUT2D eigenvalue weighted by molar-refractivity contribution is -0.139. The highest BCUT2D eigenvalue weighted by Gasteiger charge is 2.13. The SMILES string of the molecule is COC(=O)Cc1ccc2c(c1)OCC2. The first-order valence-corrected chi connectivity index (χ1v) is 4.61. The zero-order valence-corrected chi connectivity index (χ0v) is 8.08. The minimum Gasteiger partial charge on any atom is -0.493 e. The molecule has 1 aliphatic rings. The molecular weight excluding hydrogens is 180 g/mol. The van der Waals surface area contributed by atoms with Crippen LogP contribution in [0.5, 0.6) is 5.75 Å². The summed E-state index contributed by atoms with van der Waals surface area (Å²) in [4.78, 5) is 11.0. The first kappa shape index (κ1) is 9.06. The monoisotopic (exact) mass is 192 g/mol. The number of carbonyl (C=O) groups is 1. The van der Waals surface area contributed by atoms with Gasteiger partial charge in [0.2, 0.25) is 0 Å². The Bertz CT molecular complexity index is 358. The molecule has 0 radical (unpaired) electrons. The maximum absolute atomic E-state index is 11.0. The van der Waals surface area contributed by atoms with Crippen molar-refractivity contribution in [3.8, 4) is 5.75 Å². The van der Waals surface area contributed by atoms with Gasteiger partial charge >= 0.3 is 5.97 Å². The van der Waals surface area contributed by atoms with Crippen LogP contribution in [-0.2, 0) is 22.4 Å². The third-order valence-corrected chi connectivity index (χ3v) is 2.34. The van der Waals surface area contributed by atoms with Crippen molar-refractivity contribution in [1.82, 2.24) is 0 Å². The Kier molecular flexibility index (Phi) is 2.39. The molecule has 74 valence electrons. The van der Waals surface area contributed by atoms with Gasteiger partial charge < -0.3 is 9.47 Å². The number of carbonyl (C=O) groups excluding carboxylic acids is 1. The van der Waals surface area contributed by atoms with Crippen LogP contribution in [0.4, 0.5) is 0 Å². The van der Waals surface area contributed by atoms with Crippen molar-refractivity contribution in [2.75, 3.05) is 13.7 Å². The Morgan fingerprint density at radius 2 is 2.43 bits per heavy atom. The number of esters is 1. The van der Waals surface area contributed by atoms with Crippen molar-refractivity contribution in [1.29, 1.82) is 0 Å². The summed E-state index contributed by atoms with van der Waals surface area (Å²) in [5.41, 5.74) is 2.16. The van der Waals surface area contributed by atoms with Gasteiger partial charge in [0.05, 0.1) is 20.1 Å². The van der Waals surface area contributed by atoms with E-state index in [1.807, 2.05) is 18.2 Å². The maximum atomic E-state index is 11.0. The predicted octanol–water partition coefficient (Wildman–Crippen LogP) is 1.34. The molecule has 3 nitrogen and oxygen atoms in total. The molecule has 1 heterocycles. The van der Waals surface area contributed by atoms with E-state index in [1.54, 1.807) is 0 Å². The van der Waals surface area contributed by atoms with E-state index in [0.29, 0.717) is 6.42 Å². The summed E-state index contributed by atoms with van der Waals surface area (Å²) in [7, 11) is 1.40. The molecule has 0 aliphatic carbocycles. The molecule has 0 N–H and O–H groups in total. The highest BCUT2D eigenvalue weighted by atomic mass is 16.5. The Morgan fingerprint density at radius 1 is 1.57 bits per heavy atom. The quantitative estimate of drug-likeness (QED) is 0.663. The average Bonchev–Trinajstić information content (AvgIpc) is 2.64. The van der Waals surface area contributed by atoms with Crippen LogP contribution in [0.25, 0.3) is 0 Å². The van der Waals surface area contributed by atoms with Gasteiger partial charge in [0.25, 0.3) is 0 Å². The van der Waals surface area contributed by atoms with Crippen LogP contribution >= 0.6 is 0 Å². The lowest BCUT2D eigenvalue weighted by Crippen LogP contribution is -2.04. The number of ether oxygens (including phenoxy) is 2. The predicted molar refractivity (Wildman–Crippen MR) is 51.4 cm³/mol. The summed E-state index contributed by atoms with van der Waals surface area (Å²) < 4.78 is 10.00. The normalized spacial score (nSPS) is 13.2. The van der Waals surface area contributed by atoms with Crippen LogP contribution in [0.3, 0.4) is 0 Å². The summed E-state index contributed by atoms with van der Waals surface area (Å²) in [6.07, 6.45) is 1.28. The fourth-order valence-corrected chi connectivity index (χ4v) is 1.56. The van der Waals surface area contributed by atoms with Gasteiger partial charge in [-0.1, -0.05) is 12.1 Å². The Morgan fingerprint density at radius 3 is 3.21 bits per heavy atom. The van der Waals surface area contributed by atoms with E-state index >= 15 is 0 Å². The van der Waals surface area contributed by atoms with E-state index in [2.05, 4.69) is 4.74 Å². The minimum absolute atomic E-state index is 0.219. The van der Waals surface area contributed by atoms with Gasteiger partial charge in [-0.15, -0.1) is 0 Å². The fraction of sp³-hybridized carbons (Fsp3) is 0.364. The number of rotatable bonds is 2. The molecule has 3 heteroatoms. The highest BCUT2D eigenvalue weighted by molar-refractivity contribution is 5.72. The van der Waals surface area contributed by atoms with E-state index in [9.17, 15) is 4.79 Å². The van der Waals surface area contributed by atoms with Crippen molar-refractivity contribution in [2.24, 2.45) is 0 Å². The van der Waals surface area contributed by atoms with Crippen LogP contribution < -0.4 is 4.74 Å². The molecule has 0 bridgehead atoms. The van der Waals surface area contributed by atoms with Crippen LogP contribution in [-0.4, -0.2) is 19.7 Å². The van der Waals surface area contributed by atoms with E-state index < -0.39 is 0 Å². The molecule has 0 aromatic heterocycles. The second-order valence-corrected chi connectivity index (χ2v) is 3.29. The van der Waals surface area contributed by atoms with E-state index in [1.165, 1.54) is 12.7 Å². The number of fused-ring (bicyclic) bond motifs is 1. The summed E-state index contributed by atoms with van der Waals surface area (Å²) in [6.45, 7) is 0.747. The fourth-order valence-electron chi connectivity index (χ4n) is 1.56. The lowest BCUT2D eigenvalue weighted by atomic mass is 10.1. The molecule has 1 aromatic rings. The topological polar surface area (TPSA) is 35.5 Å². The number of methoxy groups -OCH3 is 1. The molecule has 0 spiro atoms. The molecule has 0 saturated heterocycles. The van der Waals surface area contributed by atoms with Gasteiger partial charge in [0, 0.05) is 6.42 Å². The van der Waals surface area contributed by atoms with Gasteiger partial charge in [-0.25, -0.2) is 0 Å². The molecule has 1 aromatic carbocycles. The second-order valence-electron chi connectivity index (χ2n) is 3.29. The van der Waals surface area contributed by atoms with Gasteiger partial charge in [0.1, 0.15) is 5.75 Å². The van der Waals surface area contributed by atoms with Crippen molar-refractivity contribution >= 4 is 5.97 Å². The van der Waals surface area contributed by atoms with Gasteiger partial charge in [0.15, 0.2) is 0 Å². The number of benzene rings is 1. The summed E-state index contributed by atoms with van der Waals surface area (Å²) in [5.74, 6) is 0.689. The Hall–Kier alpha value is -1.51. The Labute approximate surface area is 82.6 Å². The zero-order valence-electron chi connectivity index (χ0n) is 8.08. The average molecular weight is 192 g/mol. The second kappa shape index (κ2) is 3.70. The van der Waals surface area contributed by atoms with Crippen LogP contribution in [0.15, 0.2) is 18.2 Å². The van der Waals surface area contributed by atoms with Crippen molar-refractivity contribution in [3.63, 3.8) is 0 Å². The molecule has 0 atom stereocenters. The van der Waals surface area contributed by atoms with Crippen LogP contribution in [0, 0.1) is 0 Å². The standard InChI is InChI=1S/C11H12O3/c1-13-11(12)7-8-2-3-9-4-5-14-10(9)6-8/h2-3,6H,4-5,7H2,1H3. The third-order valence-electron chi connectivity index (χ3n) is 2.34. The first-order valence-electron chi connectivity index (χ1n) is 4.61. The van der Waals surface area contributed by atoms with E-state index in [0.717, 1.165) is 24.3 Å². The smallest absolute Gasteiger partial charge is 0.309 e. The molecule has 0 saturated carbocycles. The van der Waals surface area contributed by atoms with Crippen LogP contribution in [0.1, 0.15) is 11.1 Å². The van der Waals surface area contributed by atoms with Crippen LogP contribution in [0.2, 0.25) is 0 Å². The van der Waals surface area contributed by atoms with Crippen molar-refractivity contribution in [3.05, 3.63) is 29.3 Å². The van der Waals surface area contributed by atoms with Gasteiger partial charge in [-0.3, -0.25) is 4.79 Å². The highest BCUT2D eigenvalue weighted by Crippen LogP contribution is 2.26. The molecule has 0 unspecified atom stereocenters. The van der Waals surface area contributed by atoms with Crippen molar-refractivity contribution in [2.45, 2.75) is 12.8 Å². The molecule has 1 aliphatic heterocycles. The molecule has 14 heavy (non-hydrogen) atoms. The molecular formula is C11H12O3. The largest absolute Gasteiger partial charge is 0.493 e. The van der Waals surface area contributed by atoms with Crippen molar-refractivity contribution < 1.29 is 14.3 Å². The summed E-state index contributed by atoms with van der Waals surface area (Å²) in [5, 5.41) is 0. The minimum atomic E-state index is -0.219. The van der Waals surface area contributed by atoms with Gasteiger partial charge in [-0.05, 0) is 17.2 Å². The van der Waals surface area contributed by atoms with Gasteiger partial charge in [-0.2, -0.15) is 0 Å². The third kappa shape index (κ3) is 1.71. The number of hydrogen-bond acceptors (Lipinski definition) is 3. The zero-order chi connectivity index (χ0) is 9.97. The first-order chi connectivity index (χ1) is 6.79. The Balaban J connectivity index is 2.16. The maximum Gasteiger partial charge on any atom is 0.309 e. The lowest BCUT2D eigenvalue weighted by Gasteiger charge is -2.03. The molecule has 0 amide bonds. The number of hydrogen-bond donors (Lipinski definition) is 0.